The third-order valence-corrected chi connectivity index (χ3v) is 5.36. The van der Waals surface area contributed by atoms with Crippen molar-refractivity contribution in [2.45, 2.75) is 4.90 Å². The van der Waals surface area contributed by atoms with E-state index in [2.05, 4.69) is 22.6 Å². The van der Waals surface area contributed by atoms with Gasteiger partial charge in [0.05, 0.1) is 4.90 Å². The highest BCUT2D eigenvalue weighted by atomic mass is 127. The maximum atomic E-state index is 12.0. The lowest BCUT2D eigenvalue weighted by atomic mass is 10.2. The van der Waals surface area contributed by atoms with Crippen molar-refractivity contribution in [1.29, 1.82) is 0 Å². The van der Waals surface area contributed by atoms with Crippen LogP contribution in [0.1, 0.15) is 0 Å². The van der Waals surface area contributed by atoms with E-state index in [9.17, 15) is 8.42 Å². The van der Waals surface area contributed by atoms with E-state index < -0.39 is 10.0 Å². The molecule has 92 valence electrons. The Morgan fingerprint density at radius 2 is 1.94 bits per heavy atom. The summed E-state index contributed by atoms with van der Waals surface area (Å²) in [5.74, 6) is 0. The second kappa shape index (κ2) is 4.25. The first kappa shape index (κ1) is 12.8. The lowest BCUT2D eigenvalue weighted by Crippen LogP contribution is -2.22. The van der Waals surface area contributed by atoms with Gasteiger partial charge in [-0.05, 0) is 40.8 Å². The molecule has 0 amide bonds. The molecule has 0 aliphatic heterocycles. The van der Waals surface area contributed by atoms with Crippen molar-refractivity contribution in [3.63, 3.8) is 0 Å². The average Bonchev–Trinajstić information content (AvgIpc) is 2.54. The fourth-order valence-electron chi connectivity index (χ4n) is 1.69. The van der Waals surface area contributed by atoms with Crippen molar-refractivity contribution < 1.29 is 8.42 Å². The fraction of sp³-hybridized carbons (Fsp3) is 0.273. The van der Waals surface area contributed by atoms with Crippen LogP contribution in [-0.2, 0) is 17.1 Å². The number of hydrogen-bond donors (Lipinski definition) is 0. The van der Waals surface area contributed by atoms with Crippen LogP contribution in [0.4, 0.5) is 0 Å². The summed E-state index contributed by atoms with van der Waals surface area (Å²) in [6, 6.07) is 5.22. The number of rotatable bonds is 2. The molecule has 0 saturated carbocycles. The Labute approximate surface area is 114 Å². The first-order valence-electron chi connectivity index (χ1n) is 5.01. The largest absolute Gasteiger partial charge is 0.349 e. The minimum Gasteiger partial charge on any atom is -0.349 e. The van der Waals surface area contributed by atoms with Crippen LogP contribution in [0.5, 0.6) is 0 Å². The van der Waals surface area contributed by atoms with Crippen LogP contribution < -0.4 is 0 Å². The van der Waals surface area contributed by atoms with Gasteiger partial charge >= 0.3 is 0 Å². The van der Waals surface area contributed by atoms with Gasteiger partial charge in [0.1, 0.15) is 0 Å². The van der Waals surface area contributed by atoms with Crippen molar-refractivity contribution >= 4 is 43.5 Å². The van der Waals surface area contributed by atoms with Gasteiger partial charge in [0.15, 0.2) is 0 Å². The molecule has 4 nitrogen and oxygen atoms in total. The topological polar surface area (TPSA) is 42.3 Å². The molecule has 2 rings (SSSR count). The number of aryl methyl sites for hydroxylation is 1. The molecule has 1 heterocycles. The molecule has 0 atom stereocenters. The molecule has 0 N–H and O–H groups in total. The minimum absolute atomic E-state index is 0.333. The molecule has 0 aliphatic rings. The predicted molar refractivity (Wildman–Crippen MR) is 76.5 cm³/mol. The number of aromatic nitrogens is 1. The molecular formula is C11H13IN2O2S. The van der Waals surface area contributed by atoms with Gasteiger partial charge in [-0.1, -0.05) is 0 Å². The zero-order valence-corrected chi connectivity index (χ0v) is 12.8. The first-order valence-corrected chi connectivity index (χ1v) is 7.53. The van der Waals surface area contributed by atoms with Gasteiger partial charge in [-0.15, -0.1) is 0 Å². The monoisotopic (exact) mass is 364 g/mol. The van der Waals surface area contributed by atoms with Gasteiger partial charge in [-0.3, -0.25) is 0 Å². The summed E-state index contributed by atoms with van der Waals surface area (Å²) in [5, 5.41) is 0.969. The van der Waals surface area contributed by atoms with E-state index in [-0.39, 0.29) is 0 Å². The molecule has 0 spiro atoms. The number of hydrogen-bond acceptors (Lipinski definition) is 2. The number of fused-ring (bicyclic) bond motifs is 1. The second-order valence-corrected chi connectivity index (χ2v) is 7.37. The lowest BCUT2D eigenvalue weighted by Gasteiger charge is -2.11. The van der Waals surface area contributed by atoms with E-state index >= 15 is 0 Å². The first-order chi connectivity index (χ1) is 7.84. The zero-order chi connectivity index (χ0) is 12.8. The Kier molecular flexibility index (Phi) is 3.21. The normalized spacial score (nSPS) is 12.5. The predicted octanol–water partition coefficient (Wildman–Crippen LogP) is 2.03. The molecular weight excluding hydrogens is 351 g/mol. The molecule has 0 aliphatic carbocycles. The van der Waals surface area contributed by atoms with Crippen LogP contribution in [0.25, 0.3) is 10.9 Å². The van der Waals surface area contributed by atoms with Crippen molar-refractivity contribution in [2.75, 3.05) is 14.1 Å². The van der Waals surface area contributed by atoms with E-state index in [1.54, 1.807) is 12.1 Å². The third-order valence-electron chi connectivity index (χ3n) is 2.69. The minimum atomic E-state index is -3.36. The number of nitrogens with zero attached hydrogens (tertiary/aromatic N) is 2. The molecule has 6 heteroatoms. The fourth-order valence-corrected chi connectivity index (χ4v) is 3.47. The zero-order valence-electron chi connectivity index (χ0n) is 9.81. The number of sulfonamides is 1. The van der Waals surface area contributed by atoms with Gasteiger partial charge in [-0.25, -0.2) is 12.7 Å². The maximum Gasteiger partial charge on any atom is 0.242 e. The van der Waals surface area contributed by atoms with Crippen molar-refractivity contribution in [2.24, 2.45) is 7.05 Å². The maximum absolute atomic E-state index is 12.0. The molecule has 0 saturated heterocycles. The van der Waals surface area contributed by atoms with E-state index in [0.717, 1.165) is 14.5 Å². The smallest absolute Gasteiger partial charge is 0.242 e. The molecule has 1 aromatic heterocycles. The number of benzene rings is 1. The van der Waals surface area contributed by atoms with Gasteiger partial charge in [-0.2, -0.15) is 0 Å². The Bertz CT molecular complexity index is 674. The summed E-state index contributed by atoms with van der Waals surface area (Å²) < 4.78 is 28.3. The molecule has 0 bridgehead atoms. The standard InChI is InChI=1S/C11H13IN2O2S/c1-13(2)17(15,16)8-4-5-11-9(6-8)10(12)7-14(11)3/h4-7H,1-3H3. The SMILES string of the molecule is CN(C)S(=O)(=O)c1ccc2c(c1)c(I)cn2C. The van der Waals surface area contributed by atoms with Crippen LogP contribution in [0.3, 0.4) is 0 Å². The summed E-state index contributed by atoms with van der Waals surface area (Å²) >= 11 is 2.21. The van der Waals surface area contributed by atoms with Gasteiger partial charge in [0.2, 0.25) is 10.0 Å². The third kappa shape index (κ3) is 2.09. The van der Waals surface area contributed by atoms with Crippen molar-refractivity contribution in [3.8, 4) is 0 Å². The van der Waals surface area contributed by atoms with Crippen LogP contribution in [0.2, 0.25) is 0 Å². The molecule has 17 heavy (non-hydrogen) atoms. The van der Waals surface area contributed by atoms with E-state index in [0.29, 0.717) is 4.90 Å². The van der Waals surface area contributed by atoms with E-state index in [1.165, 1.54) is 18.4 Å². The van der Waals surface area contributed by atoms with Crippen LogP contribution in [0.15, 0.2) is 29.3 Å². The quantitative estimate of drug-likeness (QED) is 0.766. The van der Waals surface area contributed by atoms with Crippen LogP contribution >= 0.6 is 22.6 Å². The van der Waals surface area contributed by atoms with Crippen molar-refractivity contribution in [3.05, 3.63) is 28.0 Å². The van der Waals surface area contributed by atoms with Gasteiger partial charge in [0, 0.05) is 41.8 Å². The van der Waals surface area contributed by atoms with E-state index in [4.69, 9.17) is 0 Å². The molecule has 0 radical (unpaired) electrons. The summed E-state index contributed by atoms with van der Waals surface area (Å²) in [6.07, 6.45) is 1.98. The molecule has 1 aromatic carbocycles. The lowest BCUT2D eigenvalue weighted by molar-refractivity contribution is 0.521. The molecule has 0 fully saturated rings. The highest BCUT2D eigenvalue weighted by Crippen LogP contribution is 2.26. The number of halogens is 1. The Morgan fingerprint density at radius 3 is 2.53 bits per heavy atom. The summed E-state index contributed by atoms with van der Waals surface area (Å²) in [7, 11) is 1.67. The highest BCUT2D eigenvalue weighted by Gasteiger charge is 2.18. The Morgan fingerprint density at radius 1 is 1.29 bits per heavy atom. The average molecular weight is 364 g/mol. The van der Waals surface area contributed by atoms with E-state index in [1.807, 2.05) is 23.9 Å². The van der Waals surface area contributed by atoms with Crippen LogP contribution in [0, 0.1) is 3.57 Å². The van der Waals surface area contributed by atoms with Crippen molar-refractivity contribution in [1.82, 2.24) is 8.87 Å². The van der Waals surface area contributed by atoms with Crippen LogP contribution in [-0.4, -0.2) is 31.4 Å². The Hall–Kier alpha value is -0.600. The second-order valence-electron chi connectivity index (χ2n) is 4.05. The molecule has 2 aromatic rings. The Balaban J connectivity index is 2.72. The highest BCUT2D eigenvalue weighted by molar-refractivity contribution is 14.1. The van der Waals surface area contributed by atoms with Gasteiger partial charge in [0.25, 0.3) is 0 Å². The molecule has 0 unspecified atom stereocenters. The van der Waals surface area contributed by atoms with Gasteiger partial charge < -0.3 is 4.57 Å². The summed E-state index contributed by atoms with van der Waals surface area (Å²) in [6.45, 7) is 0. The summed E-state index contributed by atoms with van der Waals surface area (Å²) in [5.41, 5.74) is 1.03. The summed E-state index contributed by atoms with van der Waals surface area (Å²) in [4.78, 5) is 0.333.